The summed E-state index contributed by atoms with van der Waals surface area (Å²) in [5.74, 6) is 0.220. The Morgan fingerprint density at radius 3 is 1.93 bits per heavy atom. The van der Waals surface area contributed by atoms with E-state index in [1.165, 1.54) is 32.4 Å². The first-order valence-corrected chi connectivity index (χ1v) is 8.65. The van der Waals surface area contributed by atoms with Gasteiger partial charge >= 0.3 is 30.8 Å². The van der Waals surface area contributed by atoms with E-state index in [1.54, 1.807) is 24.6 Å². The van der Waals surface area contributed by atoms with Gasteiger partial charge in [0.05, 0.1) is 11.4 Å². The van der Waals surface area contributed by atoms with Gasteiger partial charge in [-0.25, -0.2) is 0 Å². The smallest absolute Gasteiger partial charge is 0.507 e. The van der Waals surface area contributed by atoms with E-state index in [9.17, 15) is 5.11 Å². The Kier molecular flexibility index (Phi) is 18.8. The largest absolute Gasteiger partial charge is 2.00 e. The van der Waals surface area contributed by atoms with Gasteiger partial charge in [0.1, 0.15) is 5.75 Å². The number of phenols is 1. The molecule has 3 rings (SSSR count). The molecule has 2 N–H and O–H groups in total. The van der Waals surface area contributed by atoms with E-state index in [2.05, 4.69) is 22.0 Å². The maximum atomic E-state index is 9.64. The third kappa shape index (κ3) is 11.1. The number of piperidine rings is 1. The summed E-state index contributed by atoms with van der Waals surface area (Å²) in [6, 6.07) is 14.7. The number of hydrogen-bond donors (Lipinski definition) is 2. The first-order chi connectivity index (χ1) is 12.8. The van der Waals surface area contributed by atoms with E-state index < -0.39 is 0 Å². The molecule has 28 heavy (non-hydrogen) atoms. The zero-order valence-corrected chi connectivity index (χ0v) is 18.5. The van der Waals surface area contributed by atoms with Gasteiger partial charge in [-0.3, -0.25) is 9.98 Å². The number of nitrogens with one attached hydrogen (secondary N) is 1. The number of para-hydroxylation sites is 3. The minimum atomic E-state index is 0. The van der Waals surface area contributed by atoms with Crippen molar-refractivity contribution in [3.05, 3.63) is 54.1 Å². The Labute approximate surface area is 186 Å². The number of benzene rings is 2. The average Bonchev–Trinajstić information content (AvgIpc) is 2.72. The molecule has 0 unspecified atom stereocenters. The molecule has 0 atom stereocenters. The van der Waals surface area contributed by atoms with Crippen LogP contribution >= 0.6 is 12.4 Å². The van der Waals surface area contributed by atoms with Gasteiger partial charge in [-0.2, -0.15) is 0 Å². The quantitative estimate of drug-likeness (QED) is 0.359. The fourth-order valence-corrected chi connectivity index (χ4v) is 2.36. The van der Waals surface area contributed by atoms with E-state index >= 15 is 0 Å². The molecule has 0 bridgehead atoms. The predicted octanol–water partition coefficient (Wildman–Crippen LogP) is 5.05. The molecule has 0 amide bonds. The van der Waals surface area contributed by atoms with E-state index in [0.717, 1.165) is 11.4 Å². The molecule has 7 heteroatoms. The van der Waals surface area contributed by atoms with Crippen LogP contribution in [-0.2, 0) is 24.1 Å². The van der Waals surface area contributed by atoms with Crippen LogP contribution in [0.1, 0.15) is 31.7 Å². The van der Waals surface area contributed by atoms with Gasteiger partial charge in [0.25, 0.3) is 0 Å². The van der Waals surface area contributed by atoms with Crippen LogP contribution < -0.4 is 5.32 Å². The van der Waals surface area contributed by atoms with Gasteiger partial charge in [0.2, 0.25) is 0 Å². The first-order valence-electron chi connectivity index (χ1n) is 8.65. The normalized spacial score (nSPS) is 12.5. The third-order valence-electron chi connectivity index (χ3n) is 3.64. The minimum Gasteiger partial charge on any atom is -0.507 e. The second kappa shape index (κ2) is 18.6. The van der Waals surface area contributed by atoms with Crippen molar-refractivity contribution in [2.75, 3.05) is 13.1 Å². The van der Waals surface area contributed by atoms with Crippen LogP contribution in [0.3, 0.4) is 0 Å². The van der Waals surface area contributed by atoms with Crippen molar-refractivity contribution >= 4 is 36.2 Å². The Morgan fingerprint density at radius 2 is 1.46 bits per heavy atom. The summed E-state index contributed by atoms with van der Waals surface area (Å²) in [5, 5.41) is 12.9. The van der Waals surface area contributed by atoms with Gasteiger partial charge in [-0.05, 0) is 57.1 Å². The zero-order valence-electron chi connectivity index (χ0n) is 15.9. The molecule has 0 aliphatic carbocycles. The van der Waals surface area contributed by atoms with E-state index in [4.69, 9.17) is 4.65 Å². The zero-order chi connectivity index (χ0) is 19.0. The molecule has 1 fully saturated rings. The Morgan fingerprint density at radius 1 is 0.929 bits per heavy atom. The van der Waals surface area contributed by atoms with Crippen LogP contribution in [0.5, 0.6) is 5.75 Å². The molecule has 1 aliphatic heterocycles. The second-order valence-electron chi connectivity index (χ2n) is 5.50. The third-order valence-corrected chi connectivity index (χ3v) is 3.64. The Hall–Kier alpha value is -1.81. The fourth-order valence-electron chi connectivity index (χ4n) is 2.36. The monoisotopic (exact) mass is 490 g/mol. The molecule has 0 aromatic heterocycles. The van der Waals surface area contributed by atoms with Gasteiger partial charge < -0.3 is 10.4 Å². The van der Waals surface area contributed by atoms with Gasteiger partial charge in [-0.15, -0.1) is 12.4 Å². The topological polar surface area (TPSA) is 76.9 Å². The summed E-state index contributed by atoms with van der Waals surface area (Å²) < 4.78 is 7.75. The molecule has 5 nitrogen and oxygen atoms in total. The molecule has 2 aromatic rings. The van der Waals surface area contributed by atoms with Crippen molar-refractivity contribution in [3.63, 3.8) is 0 Å². The molecule has 0 saturated carbocycles. The number of nitrogens with zero attached hydrogens (tertiary/aromatic N) is 2. The van der Waals surface area contributed by atoms with Crippen molar-refractivity contribution in [1.29, 1.82) is 0 Å². The van der Waals surface area contributed by atoms with Crippen LogP contribution in [-0.4, -0.2) is 30.6 Å². The first kappa shape index (κ1) is 28.4. The maximum Gasteiger partial charge on any atom is 2.00 e. The van der Waals surface area contributed by atoms with E-state index in [-0.39, 0.29) is 37.6 Å². The Bertz CT molecular complexity index is 721. The summed E-state index contributed by atoms with van der Waals surface area (Å²) in [6.45, 7) is 7.61. The molecule has 2 aromatic carbocycles. The second-order valence-corrected chi connectivity index (χ2v) is 5.50. The summed E-state index contributed by atoms with van der Waals surface area (Å²) in [4.78, 5) is 8.60. The molecule has 0 radical (unpaired) electrons. The molecule has 1 heterocycles. The van der Waals surface area contributed by atoms with Crippen molar-refractivity contribution < 1.29 is 29.2 Å². The molecule has 1 saturated heterocycles. The van der Waals surface area contributed by atoms with Crippen LogP contribution in [0.2, 0.25) is 0 Å². The van der Waals surface area contributed by atoms with E-state index in [1.807, 2.05) is 43.3 Å². The van der Waals surface area contributed by atoms with Crippen LogP contribution in [0, 0.1) is 6.65 Å². The van der Waals surface area contributed by atoms with Crippen molar-refractivity contribution in [2.24, 2.45) is 9.98 Å². The SMILES string of the molecule is C#[O+].C1CCNCC1.CC=Nc1ccccc1N=Cc1ccccc1O.Cl.[Ru+2]. The van der Waals surface area contributed by atoms with Crippen LogP contribution in [0.4, 0.5) is 11.4 Å². The minimum absolute atomic E-state index is 0. The standard InChI is InChI=1S/C15H14N2O.C5H11N.CHO.ClH.Ru/c1-2-16-13-8-4-5-9-14(13)17-11-12-7-3-6-10-15(12)18;1-2-4-6-5-3-1;1-2;;/h2-11,18H,1H3;6H,1-5H2;1H;1H;/q;;+1;;+2. The van der Waals surface area contributed by atoms with Crippen LogP contribution in [0.15, 0.2) is 58.5 Å². The maximum absolute atomic E-state index is 9.64. The number of hydrogen-bond acceptors (Lipinski definition) is 4. The van der Waals surface area contributed by atoms with Crippen molar-refractivity contribution in [1.82, 2.24) is 5.32 Å². The summed E-state index contributed by atoms with van der Waals surface area (Å²) in [5.41, 5.74) is 2.28. The molecule has 1 aliphatic rings. The van der Waals surface area contributed by atoms with Gasteiger partial charge in [-0.1, -0.05) is 30.7 Å². The van der Waals surface area contributed by atoms with E-state index in [0.29, 0.717) is 5.56 Å². The summed E-state index contributed by atoms with van der Waals surface area (Å²) >= 11 is 0. The molecular weight excluding hydrogens is 463 g/mol. The number of phenolic OH excluding ortho intramolecular Hbond substituents is 1. The van der Waals surface area contributed by atoms with Gasteiger partial charge in [0.15, 0.2) is 0 Å². The van der Waals surface area contributed by atoms with Crippen molar-refractivity contribution in [2.45, 2.75) is 26.2 Å². The number of rotatable bonds is 3. The number of halogens is 1. The molecular formula is C21H27ClN3O2Ru+3. The summed E-state index contributed by atoms with van der Waals surface area (Å²) in [6.07, 6.45) is 7.58. The molecule has 150 valence electrons. The Balaban J connectivity index is 0. The number of aliphatic imine (C=N–C) groups is 2. The summed E-state index contributed by atoms with van der Waals surface area (Å²) in [7, 11) is 0. The fraction of sp³-hybridized carbons (Fsp3) is 0.286. The van der Waals surface area contributed by atoms with Gasteiger partial charge in [0, 0.05) is 18.0 Å². The number of aromatic hydroxyl groups is 1. The van der Waals surface area contributed by atoms with Crippen molar-refractivity contribution in [3.8, 4) is 12.4 Å². The molecule has 0 spiro atoms. The van der Waals surface area contributed by atoms with Crippen LogP contribution in [0.25, 0.3) is 0 Å². The average molecular weight is 490 g/mol. The predicted molar refractivity (Wildman–Crippen MR) is 115 cm³/mol.